The summed E-state index contributed by atoms with van der Waals surface area (Å²) in [5.41, 5.74) is 1.21. The summed E-state index contributed by atoms with van der Waals surface area (Å²) in [6.45, 7) is 0. The molecule has 0 aromatic heterocycles. The molecule has 1 fully saturated rings. The van der Waals surface area contributed by atoms with Crippen LogP contribution in [0.1, 0.15) is 52.8 Å². The van der Waals surface area contributed by atoms with Crippen LogP contribution in [-0.4, -0.2) is 25.0 Å². The molecule has 5 nitrogen and oxygen atoms in total. The van der Waals surface area contributed by atoms with Gasteiger partial charge in [0.15, 0.2) is 0 Å². The van der Waals surface area contributed by atoms with Gasteiger partial charge in [0.05, 0.1) is 23.9 Å². The third kappa shape index (κ3) is 4.80. The number of rotatable bonds is 5. The van der Waals surface area contributed by atoms with Gasteiger partial charge < -0.3 is 15.4 Å². The molecule has 6 heteroatoms. The highest BCUT2D eigenvalue weighted by Crippen LogP contribution is 2.25. The van der Waals surface area contributed by atoms with Crippen LogP contribution in [0, 0.1) is 0 Å². The lowest BCUT2D eigenvalue weighted by Crippen LogP contribution is -2.36. The Hall–Kier alpha value is -2.53. The van der Waals surface area contributed by atoms with Crippen molar-refractivity contribution < 1.29 is 14.3 Å². The number of halogens is 1. The van der Waals surface area contributed by atoms with Crippen LogP contribution in [0.15, 0.2) is 42.5 Å². The maximum atomic E-state index is 12.7. The van der Waals surface area contributed by atoms with Gasteiger partial charge in [0.25, 0.3) is 11.8 Å². The largest absolute Gasteiger partial charge is 0.496 e. The third-order valence-corrected chi connectivity index (χ3v) is 5.00. The molecule has 0 radical (unpaired) electrons. The number of anilines is 1. The molecule has 3 rings (SSSR count). The van der Waals surface area contributed by atoms with Crippen LogP contribution in [0.5, 0.6) is 5.75 Å². The fraction of sp³-hybridized carbons (Fsp3) is 0.333. The minimum Gasteiger partial charge on any atom is -0.496 e. The molecular formula is C21H23ClN2O3. The van der Waals surface area contributed by atoms with Crippen molar-refractivity contribution in [2.75, 3.05) is 12.4 Å². The van der Waals surface area contributed by atoms with Gasteiger partial charge in [-0.25, -0.2) is 0 Å². The highest BCUT2D eigenvalue weighted by Gasteiger charge is 2.20. The Morgan fingerprint density at radius 3 is 2.48 bits per heavy atom. The highest BCUT2D eigenvalue weighted by molar-refractivity contribution is 6.31. The van der Waals surface area contributed by atoms with Crippen LogP contribution in [0.3, 0.4) is 0 Å². The molecule has 0 aliphatic heterocycles. The molecule has 0 spiro atoms. The van der Waals surface area contributed by atoms with E-state index in [1.165, 1.54) is 13.5 Å². The van der Waals surface area contributed by atoms with Crippen molar-refractivity contribution in [3.8, 4) is 5.75 Å². The summed E-state index contributed by atoms with van der Waals surface area (Å²) in [7, 11) is 1.49. The summed E-state index contributed by atoms with van der Waals surface area (Å²) in [5.74, 6) is -0.135. The van der Waals surface area contributed by atoms with E-state index in [1.807, 2.05) is 0 Å². The number of methoxy groups -OCH3 is 1. The molecule has 2 amide bonds. The van der Waals surface area contributed by atoms with Crippen LogP contribution in [-0.2, 0) is 0 Å². The monoisotopic (exact) mass is 386 g/mol. The van der Waals surface area contributed by atoms with E-state index in [0.29, 0.717) is 27.6 Å². The van der Waals surface area contributed by atoms with Gasteiger partial charge in [-0.3, -0.25) is 9.59 Å². The van der Waals surface area contributed by atoms with Crippen LogP contribution in [0.2, 0.25) is 5.02 Å². The van der Waals surface area contributed by atoms with Crippen LogP contribution >= 0.6 is 11.6 Å². The Balaban J connectivity index is 1.78. The zero-order valence-corrected chi connectivity index (χ0v) is 16.0. The van der Waals surface area contributed by atoms with E-state index in [-0.39, 0.29) is 17.9 Å². The van der Waals surface area contributed by atoms with Crippen molar-refractivity contribution in [2.24, 2.45) is 0 Å². The number of nitrogens with one attached hydrogen (secondary N) is 2. The molecule has 0 heterocycles. The third-order valence-electron chi connectivity index (χ3n) is 4.77. The predicted octanol–water partition coefficient (Wildman–Crippen LogP) is 4.66. The first-order valence-electron chi connectivity index (χ1n) is 9.13. The molecule has 142 valence electrons. The average molecular weight is 387 g/mol. The minimum atomic E-state index is -0.382. The molecule has 2 aromatic rings. The Kier molecular flexibility index (Phi) is 6.35. The predicted molar refractivity (Wildman–Crippen MR) is 107 cm³/mol. The van der Waals surface area contributed by atoms with Gasteiger partial charge in [-0.1, -0.05) is 43.0 Å². The normalized spacial score (nSPS) is 14.4. The maximum absolute atomic E-state index is 12.7. The van der Waals surface area contributed by atoms with E-state index >= 15 is 0 Å². The van der Waals surface area contributed by atoms with Crippen LogP contribution in [0.25, 0.3) is 0 Å². The van der Waals surface area contributed by atoms with E-state index in [2.05, 4.69) is 10.6 Å². The number of carbonyl (C=O) groups excluding carboxylic acids is 2. The van der Waals surface area contributed by atoms with Gasteiger partial charge in [0.1, 0.15) is 5.75 Å². The van der Waals surface area contributed by atoms with Crippen molar-refractivity contribution in [1.82, 2.24) is 5.32 Å². The lowest BCUT2D eigenvalue weighted by Gasteiger charge is -2.23. The first-order valence-corrected chi connectivity index (χ1v) is 9.51. The van der Waals surface area contributed by atoms with Gasteiger partial charge >= 0.3 is 0 Å². The molecule has 1 aliphatic carbocycles. The molecule has 1 saturated carbocycles. The Morgan fingerprint density at radius 1 is 1.00 bits per heavy atom. The Bertz CT molecular complexity index is 832. The fourth-order valence-electron chi connectivity index (χ4n) is 3.35. The molecule has 2 N–H and O–H groups in total. The van der Waals surface area contributed by atoms with Crippen molar-refractivity contribution >= 4 is 29.1 Å². The lowest BCUT2D eigenvalue weighted by atomic mass is 9.95. The summed E-state index contributed by atoms with van der Waals surface area (Å²) in [5, 5.41) is 6.33. The molecule has 0 unspecified atom stereocenters. The summed E-state index contributed by atoms with van der Waals surface area (Å²) in [6.07, 6.45) is 5.50. The first-order chi connectivity index (χ1) is 13.1. The number of carbonyl (C=O) groups is 2. The zero-order chi connectivity index (χ0) is 19.2. The SMILES string of the molecule is COc1ccc(Cl)cc1C(=O)Nc1ccccc1C(=O)NC1CCCCC1. The van der Waals surface area contributed by atoms with Crippen molar-refractivity contribution in [3.05, 3.63) is 58.6 Å². The molecule has 0 saturated heterocycles. The second-order valence-corrected chi connectivity index (χ2v) is 7.09. The molecule has 0 atom stereocenters. The van der Waals surface area contributed by atoms with E-state index in [1.54, 1.807) is 42.5 Å². The first kappa shape index (κ1) is 19.2. The summed E-state index contributed by atoms with van der Waals surface area (Å²) < 4.78 is 5.24. The van der Waals surface area contributed by atoms with Gasteiger partial charge in [0.2, 0.25) is 0 Å². The maximum Gasteiger partial charge on any atom is 0.259 e. The van der Waals surface area contributed by atoms with Gasteiger partial charge in [-0.05, 0) is 43.2 Å². The Morgan fingerprint density at radius 2 is 1.74 bits per heavy atom. The molecule has 1 aliphatic rings. The van der Waals surface area contributed by atoms with Crippen LogP contribution < -0.4 is 15.4 Å². The highest BCUT2D eigenvalue weighted by atomic mass is 35.5. The summed E-state index contributed by atoms with van der Waals surface area (Å²) >= 11 is 6.01. The lowest BCUT2D eigenvalue weighted by molar-refractivity contribution is 0.0928. The minimum absolute atomic E-state index is 0.171. The number of ether oxygens (including phenoxy) is 1. The number of hydrogen-bond acceptors (Lipinski definition) is 3. The van der Waals surface area contributed by atoms with Crippen molar-refractivity contribution in [3.63, 3.8) is 0 Å². The standard InChI is InChI=1S/C21H23ClN2O3/c1-27-19-12-11-14(22)13-17(19)21(26)24-18-10-6-5-9-16(18)20(25)23-15-7-3-2-4-8-15/h5-6,9-13,15H,2-4,7-8H2,1H3,(H,23,25)(H,24,26). The zero-order valence-electron chi connectivity index (χ0n) is 15.3. The van der Waals surface area contributed by atoms with E-state index in [0.717, 1.165) is 25.7 Å². The van der Waals surface area contributed by atoms with Crippen LogP contribution in [0.4, 0.5) is 5.69 Å². The topological polar surface area (TPSA) is 67.4 Å². The van der Waals surface area contributed by atoms with Gasteiger partial charge in [-0.15, -0.1) is 0 Å². The summed E-state index contributed by atoms with van der Waals surface area (Å²) in [6, 6.07) is 12.0. The quantitative estimate of drug-likeness (QED) is 0.785. The van der Waals surface area contributed by atoms with Gasteiger partial charge in [-0.2, -0.15) is 0 Å². The second kappa shape index (κ2) is 8.91. The average Bonchev–Trinajstić information content (AvgIpc) is 2.69. The van der Waals surface area contributed by atoms with E-state index < -0.39 is 0 Å². The summed E-state index contributed by atoms with van der Waals surface area (Å²) in [4.78, 5) is 25.5. The van der Waals surface area contributed by atoms with Crippen molar-refractivity contribution in [1.29, 1.82) is 0 Å². The molecule has 27 heavy (non-hydrogen) atoms. The molecule has 2 aromatic carbocycles. The van der Waals surface area contributed by atoms with Gasteiger partial charge in [0, 0.05) is 11.1 Å². The number of amides is 2. The van der Waals surface area contributed by atoms with Crippen molar-refractivity contribution in [2.45, 2.75) is 38.1 Å². The Labute approximate surface area is 164 Å². The second-order valence-electron chi connectivity index (χ2n) is 6.65. The number of hydrogen-bond donors (Lipinski definition) is 2. The fourth-order valence-corrected chi connectivity index (χ4v) is 3.52. The van der Waals surface area contributed by atoms with E-state index in [4.69, 9.17) is 16.3 Å². The molecule has 0 bridgehead atoms. The smallest absolute Gasteiger partial charge is 0.259 e. The number of benzene rings is 2. The number of para-hydroxylation sites is 1. The molecular weight excluding hydrogens is 364 g/mol. The van der Waals surface area contributed by atoms with E-state index in [9.17, 15) is 9.59 Å².